The van der Waals surface area contributed by atoms with Gasteiger partial charge in [-0.1, -0.05) is 6.92 Å². The summed E-state index contributed by atoms with van der Waals surface area (Å²) in [6, 6.07) is 0.385. The molecule has 1 aliphatic rings. The molecule has 1 rings (SSSR count). The van der Waals surface area contributed by atoms with Crippen molar-refractivity contribution in [3.05, 3.63) is 0 Å². The largest absolute Gasteiger partial charge is 0.468 e. The minimum absolute atomic E-state index is 0.118. The van der Waals surface area contributed by atoms with Gasteiger partial charge in [0.2, 0.25) is 0 Å². The van der Waals surface area contributed by atoms with Crippen molar-refractivity contribution in [1.82, 2.24) is 10.2 Å². The number of rotatable bonds is 5. The first-order valence-corrected chi connectivity index (χ1v) is 5.25. The summed E-state index contributed by atoms with van der Waals surface area (Å²) in [6.07, 6.45) is 1.07. The molecule has 0 aromatic rings. The zero-order valence-corrected chi connectivity index (χ0v) is 9.25. The molecule has 0 amide bonds. The maximum absolute atomic E-state index is 11.4. The monoisotopic (exact) mass is 200 g/mol. The van der Waals surface area contributed by atoms with E-state index in [0.717, 1.165) is 26.1 Å². The zero-order chi connectivity index (χ0) is 10.6. The molecule has 0 saturated carbocycles. The van der Waals surface area contributed by atoms with Crippen LogP contribution in [0.3, 0.4) is 0 Å². The van der Waals surface area contributed by atoms with Gasteiger partial charge in [0.15, 0.2) is 0 Å². The number of methoxy groups -OCH3 is 1. The van der Waals surface area contributed by atoms with Gasteiger partial charge in [0.05, 0.1) is 7.11 Å². The van der Waals surface area contributed by atoms with Crippen LogP contribution in [-0.2, 0) is 9.53 Å². The van der Waals surface area contributed by atoms with Crippen LogP contribution in [0.5, 0.6) is 0 Å². The van der Waals surface area contributed by atoms with Crippen LogP contribution in [0.15, 0.2) is 0 Å². The summed E-state index contributed by atoms with van der Waals surface area (Å²) in [7, 11) is 1.45. The Morgan fingerprint density at radius 2 is 2.29 bits per heavy atom. The molecule has 1 heterocycles. The van der Waals surface area contributed by atoms with Crippen molar-refractivity contribution in [2.75, 3.05) is 26.7 Å². The van der Waals surface area contributed by atoms with Crippen LogP contribution < -0.4 is 5.32 Å². The summed E-state index contributed by atoms with van der Waals surface area (Å²) in [4.78, 5) is 13.6. The maximum Gasteiger partial charge on any atom is 0.322 e. The predicted molar refractivity (Wildman–Crippen MR) is 55.1 cm³/mol. The standard InChI is InChI=1S/C10H20N2O2/c1-4-5-12(9-6-11-7-9)8(2)10(13)14-3/h8-9,11H,4-7H2,1-3H3. The second-order valence-electron chi connectivity index (χ2n) is 3.75. The Hall–Kier alpha value is -0.610. The molecule has 0 spiro atoms. The highest BCUT2D eigenvalue weighted by molar-refractivity contribution is 5.75. The predicted octanol–water partition coefficient (Wildman–Crippen LogP) is 0.232. The highest BCUT2D eigenvalue weighted by atomic mass is 16.5. The molecule has 0 radical (unpaired) electrons. The lowest BCUT2D eigenvalue weighted by atomic mass is 10.1. The van der Waals surface area contributed by atoms with Crippen molar-refractivity contribution in [1.29, 1.82) is 0 Å². The summed E-state index contributed by atoms with van der Waals surface area (Å²) in [5, 5.41) is 3.22. The molecule has 1 aliphatic heterocycles. The van der Waals surface area contributed by atoms with E-state index < -0.39 is 0 Å². The Labute approximate surface area is 85.6 Å². The number of carbonyl (C=O) groups excluding carboxylic acids is 1. The van der Waals surface area contributed by atoms with E-state index in [1.165, 1.54) is 7.11 Å². The minimum Gasteiger partial charge on any atom is -0.468 e. The number of esters is 1. The van der Waals surface area contributed by atoms with Crippen molar-refractivity contribution in [3.63, 3.8) is 0 Å². The van der Waals surface area contributed by atoms with Gasteiger partial charge in [-0.3, -0.25) is 9.69 Å². The normalized spacial score (nSPS) is 19.1. The van der Waals surface area contributed by atoms with Crippen LogP contribution in [0, 0.1) is 0 Å². The van der Waals surface area contributed by atoms with Crippen LogP contribution >= 0.6 is 0 Å². The fourth-order valence-electron chi connectivity index (χ4n) is 1.76. The van der Waals surface area contributed by atoms with Crippen molar-refractivity contribution in [2.45, 2.75) is 32.4 Å². The van der Waals surface area contributed by atoms with Crippen molar-refractivity contribution >= 4 is 5.97 Å². The van der Waals surface area contributed by atoms with Gasteiger partial charge < -0.3 is 10.1 Å². The molecule has 82 valence electrons. The Kier molecular flexibility index (Phi) is 4.35. The first kappa shape index (κ1) is 11.5. The molecule has 0 bridgehead atoms. The van der Waals surface area contributed by atoms with E-state index in [4.69, 9.17) is 4.74 Å². The molecule has 0 aromatic heterocycles. The lowest BCUT2D eigenvalue weighted by molar-refractivity contribution is -0.147. The third kappa shape index (κ3) is 2.45. The zero-order valence-electron chi connectivity index (χ0n) is 9.25. The SMILES string of the molecule is CCCN(C1CNC1)C(C)C(=O)OC. The lowest BCUT2D eigenvalue weighted by Crippen LogP contribution is -2.61. The Morgan fingerprint density at radius 3 is 2.64 bits per heavy atom. The first-order chi connectivity index (χ1) is 6.70. The molecule has 1 unspecified atom stereocenters. The average molecular weight is 200 g/mol. The van der Waals surface area contributed by atoms with Gasteiger partial charge in [0, 0.05) is 19.1 Å². The summed E-state index contributed by atoms with van der Waals surface area (Å²) in [6.45, 7) is 6.98. The minimum atomic E-state index is -0.134. The molecule has 1 fully saturated rings. The van der Waals surface area contributed by atoms with Crippen LogP contribution in [0.4, 0.5) is 0 Å². The summed E-state index contributed by atoms with van der Waals surface area (Å²) >= 11 is 0. The van der Waals surface area contributed by atoms with Gasteiger partial charge in [-0.15, -0.1) is 0 Å². The van der Waals surface area contributed by atoms with Gasteiger partial charge in [0.1, 0.15) is 6.04 Å². The number of nitrogens with one attached hydrogen (secondary N) is 1. The molecular weight excluding hydrogens is 180 g/mol. The number of carbonyl (C=O) groups is 1. The van der Waals surface area contributed by atoms with Crippen molar-refractivity contribution in [2.24, 2.45) is 0 Å². The lowest BCUT2D eigenvalue weighted by Gasteiger charge is -2.40. The van der Waals surface area contributed by atoms with E-state index in [9.17, 15) is 4.79 Å². The van der Waals surface area contributed by atoms with Crippen LogP contribution in [0.2, 0.25) is 0 Å². The van der Waals surface area contributed by atoms with Crippen LogP contribution in [-0.4, -0.2) is 49.7 Å². The van der Waals surface area contributed by atoms with Crippen LogP contribution in [0.25, 0.3) is 0 Å². The Bertz CT molecular complexity index is 193. The molecule has 1 saturated heterocycles. The second-order valence-corrected chi connectivity index (χ2v) is 3.75. The fraction of sp³-hybridized carbons (Fsp3) is 0.900. The van der Waals surface area contributed by atoms with E-state index in [2.05, 4.69) is 17.1 Å². The second kappa shape index (κ2) is 5.32. The molecule has 4 nitrogen and oxygen atoms in total. The van der Waals surface area contributed by atoms with Gasteiger partial charge in [-0.05, 0) is 19.9 Å². The molecule has 0 aromatic carbocycles. The molecule has 14 heavy (non-hydrogen) atoms. The van der Waals surface area contributed by atoms with Gasteiger partial charge in [0.25, 0.3) is 0 Å². The number of hydrogen-bond donors (Lipinski definition) is 1. The molecule has 1 atom stereocenters. The van der Waals surface area contributed by atoms with E-state index >= 15 is 0 Å². The summed E-state index contributed by atoms with van der Waals surface area (Å²) in [5.74, 6) is -0.134. The average Bonchev–Trinajstić information content (AvgIpc) is 2.12. The van der Waals surface area contributed by atoms with E-state index in [0.29, 0.717) is 6.04 Å². The van der Waals surface area contributed by atoms with Gasteiger partial charge in [-0.2, -0.15) is 0 Å². The smallest absolute Gasteiger partial charge is 0.322 e. The topological polar surface area (TPSA) is 41.6 Å². The van der Waals surface area contributed by atoms with Crippen molar-refractivity contribution in [3.8, 4) is 0 Å². The van der Waals surface area contributed by atoms with E-state index in [1.54, 1.807) is 0 Å². The quantitative estimate of drug-likeness (QED) is 0.645. The van der Waals surface area contributed by atoms with Gasteiger partial charge in [-0.25, -0.2) is 0 Å². The summed E-state index contributed by atoms with van der Waals surface area (Å²) < 4.78 is 4.76. The Morgan fingerprint density at radius 1 is 1.64 bits per heavy atom. The number of hydrogen-bond acceptors (Lipinski definition) is 4. The first-order valence-electron chi connectivity index (χ1n) is 5.25. The molecule has 0 aliphatic carbocycles. The molecule has 4 heteroatoms. The molecule has 1 N–H and O–H groups in total. The van der Waals surface area contributed by atoms with Crippen LogP contribution in [0.1, 0.15) is 20.3 Å². The highest BCUT2D eigenvalue weighted by Crippen LogP contribution is 2.11. The third-order valence-electron chi connectivity index (χ3n) is 2.75. The van der Waals surface area contributed by atoms with Gasteiger partial charge >= 0.3 is 5.97 Å². The summed E-state index contributed by atoms with van der Waals surface area (Å²) in [5.41, 5.74) is 0. The van der Waals surface area contributed by atoms with E-state index in [1.807, 2.05) is 6.92 Å². The number of ether oxygens (including phenoxy) is 1. The fourth-order valence-corrected chi connectivity index (χ4v) is 1.76. The van der Waals surface area contributed by atoms with Crippen molar-refractivity contribution < 1.29 is 9.53 Å². The molecular formula is C10H20N2O2. The van der Waals surface area contributed by atoms with E-state index in [-0.39, 0.29) is 12.0 Å². The highest BCUT2D eigenvalue weighted by Gasteiger charge is 2.31. The number of nitrogens with zero attached hydrogens (tertiary/aromatic N) is 1. The third-order valence-corrected chi connectivity index (χ3v) is 2.75. The maximum atomic E-state index is 11.4. The Balaban J connectivity index is 2.51.